The molecule has 162 valence electrons. The van der Waals surface area contributed by atoms with Crippen molar-refractivity contribution in [1.29, 1.82) is 0 Å². The number of nitro benzene ring substituents is 1. The maximum absolute atomic E-state index is 12.5. The lowest BCUT2D eigenvalue weighted by Gasteiger charge is -2.09. The second kappa shape index (κ2) is 10.2. The van der Waals surface area contributed by atoms with Gasteiger partial charge in [-0.3, -0.25) is 19.6 Å². The minimum Gasteiger partial charge on any atom is -0.482 e. The van der Waals surface area contributed by atoms with Crippen LogP contribution >= 0.6 is 15.9 Å². The molecule has 3 rings (SSSR count). The zero-order chi connectivity index (χ0) is 22.4. The summed E-state index contributed by atoms with van der Waals surface area (Å²) in [5, 5.41) is 18.5. The fourth-order valence-electron chi connectivity index (χ4n) is 3.01. The van der Waals surface area contributed by atoms with Crippen LogP contribution in [0.4, 0.5) is 5.69 Å². The number of carbonyl (C=O) groups is 1. The van der Waals surface area contributed by atoms with Gasteiger partial charge < -0.3 is 10.1 Å². The minimum atomic E-state index is -0.463. The summed E-state index contributed by atoms with van der Waals surface area (Å²) in [5.41, 5.74) is 2.90. The van der Waals surface area contributed by atoms with Gasteiger partial charge in [0.25, 0.3) is 5.91 Å². The fourth-order valence-corrected chi connectivity index (χ4v) is 3.32. The van der Waals surface area contributed by atoms with Gasteiger partial charge in [0.05, 0.1) is 15.1 Å². The SMILES string of the molecule is Cc1ccc(OCc2cccc(C(=O)NCCCn3cc(Br)c(C)n3)c2)c([N+](=O)[O-])c1. The molecule has 0 spiro atoms. The summed E-state index contributed by atoms with van der Waals surface area (Å²) in [6, 6.07) is 11.8. The molecule has 0 saturated carbocycles. The number of aryl methyl sites for hydroxylation is 3. The molecule has 0 aliphatic heterocycles. The summed E-state index contributed by atoms with van der Waals surface area (Å²) in [7, 11) is 0. The lowest BCUT2D eigenvalue weighted by atomic mass is 10.1. The van der Waals surface area contributed by atoms with Crippen LogP contribution in [0.5, 0.6) is 5.75 Å². The summed E-state index contributed by atoms with van der Waals surface area (Å²) < 4.78 is 8.45. The summed E-state index contributed by atoms with van der Waals surface area (Å²) >= 11 is 3.43. The summed E-state index contributed by atoms with van der Waals surface area (Å²) in [6.07, 6.45) is 2.66. The van der Waals surface area contributed by atoms with Crippen molar-refractivity contribution < 1.29 is 14.5 Å². The van der Waals surface area contributed by atoms with Gasteiger partial charge in [-0.05, 0) is 65.5 Å². The standard InChI is InChI=1S/C22H23BrN4O4/c1-15-7-8-21(20(11-15)27(29)30)31-14-17-5-3-6-18(12-17)22(28)24-9-4-10-26-13-19(23)16(2)25-26/h3,5-8,11-13H,4,9-10,14H2,1-2H3,(H,24,28). The number of nitrogens with zero attached hydrogens (tertiary/aromatic N) is 3. The van der Waals surface area contributed by atoms with E-state index in [2.05, 4.69) is 26.3 Å². The molecular weight excluding hydrogens is 464 g/mol. The second-order valence-electron chi connectivity index (χ2n) is 7.15. The van der Waals surface area contributed by atoms with Crippen LogP contribution in [0.1, 0.15) is 33.6 Å². The van der Waals surface area contributed by atoms with E-state index in [-0.39, 0.29) is 24.0 Å². The Balaban J connectivity index is 1.53. The van der Waals surface area contributed by atoms with Gasteiger partial charge in [0.2, 0.25) is 0 Å². The molecule has 1 heterocycles. The monoisotopic (exact) mass is 486 g/mol. The number of amides is 1. The van der Waals surface area contributed by atoms with Crippen LogP contribution in [0, 0.1) is 24.0 Å². The fraction of sp³-hybridized carbons (Fsp3) is 0.273. The Bertz CT molecular complexity index is 1080. The van der Waals surface area contributed by atoms with Crippen molar-refractivity contribution in [2.24, 2.45) is 0 Å². The number of ether oxygens (including phenoxy) is 1. The van der Waals surface area contributed by atoms with E-state index in [1.54, 1.807) is 37.3 Å². The van der Waals surface area contributed by atoms with E-state index in [0.29, 0.717) is 18.7 Å². The maximum atomic E-state index is 12.5. The predicted molar refractivity (Wildman–Crippen MR) is 120 cm³/mol. The summed E-state index contributed by atoms with van der Waals surface area (Å²) in [5.74, 6) is 0.0203. The first-order chi connectivity index (χ1) is 14.8. The Labute approximate surface area is 188 Å². The molecule has 1 N–H and O–H groups in total. The van der Waals surface area contributed by atoms with Gasteiger partial charge in [-0.2, -0.15) is 5.10 Å². The number of nitrogens with one attached hydrogen (secondary N) is 1. The highest BCUT2D eigenvalue weighted by Gasteiger charge is 2.15. The minimum absolute atomic E-state index is 0.0756. The third kappa shape index (κ3) is 6.14. The number of nitro groups is 1. The van der Waals surface area contributed by atoms with E-state index in [1.807, 2.05) is 23.9 Å². The lowest BCUT2D eigenvalue weighted by Crippen LogP contribution is -2.25. The Morgan fingerprint density at radius 2 is 2.06 bits per heavy atom. The number of rotatable bonds is 9. The van der Waals surface area contributed by atoms with Gasteiger partial charge in [0.1, 0.15) is 6.61 Å². The average molecular weight is 487 g/mol. The largest absolute Gasteiger partial charge is 0.482 e. The van der Waals surface area contributed by atoms with Crippen LogP contribution in [0.15, 0.2) is 53.1 Å². The highest BCUT2D eigenvalue weighted by molar-refractivity contribution is 9.10. The number of carbonyl (C=O) groups excluding carboxylic acids is 1. The Kier molecular flexibility index (Phi) is 7.41. The molecule has 3 aromatic rings. The van der Waals surface area contributed by atoms with Gasteiger partial charge in [-0.1, -0.05) is 18.2 Å². The quantitative estimate of drug-likeness (QED) is 0.271. The molecule has 0 atom stereocenters. The first-order valence-electron chi connectivity index (χ1n) is 9.78. The highest BCUT2D eigenvalue weighted by atomic mass is 79.9. The highest BCUT2D eigenvalue weighted by Crippen LogP contribution is 2.28. The Morgan fingerprint density at radius 1 is 1.26 bits per heavy atom. The van der Waals surface area contributed by atoms with Crippen molar-refractivity contribution in [2.45, 2.75) is 33.4 Å². The molecule has 1 aromatic heterocycles. The summed E-state index contributed by atoms with van der Waals surface area (Å²) in [6.45, 7) is 5.06. The van der Waals surface area contributed by atoms with Gasteiger partial charge in [-0.15, -0.1) is 0 Å². The maximum Gasteiger partial charge on any atom is 0.311 e. The Morgan fingerprint density at radius 3 is 2.77 bits per heavy atom. The van der Waals surface area contributed by atoms with Crippen molar-refractivity contribution in [1.82, 2.24) is 15.1 Å². The first-order valence-corrected chi connectivity index (χ1v) is 10.6. The second-order valence-corrected chi connectivity index (χ2v) is 8.01. The molecule has 2 aromatic carbocycles. The van der Waals surface area contributed by atoms with Crippen LogP contribution in [0.3, 0.4) is 0 Å². The molecule has 0 fully saturated rings. The van der Waals surface area contributed by atoms with Crippen molar-refractivity contribution in [3.63, 3.8) is 0 Å². The van der Waals surface area contributed by atoms with Gasteiger partial charge in [0, 0.05) is 30.9 Å². The number of halogens is 1. The molecule has 0 saturated heterocycles. The van der Waals surface area contributed by atoms with Crippen molar-refractivity contribution >= 4 is 27.5 Å². The molecule has 0 aliphatic rings. The number of hydrogen-bond donors (Lipinski definition) is 1. The number of hydrogen-bond acceptors (Lipinski definition) is 5. The van der Waals surface area contributed by atoms with Crippen molar-refractivity contribution in [2.75, 3.05) is 6.54 Å². The zero-order valence-corrected chi connectivity index (χ0v) is 18.9. The molecule has 0 unspecified atom stereocenters. The number of benzene rings is 2. The molecule has 31 heavy (non-hydrogen) atoms. The predicted octanol–water partition coefficient (Wildman–Crippen LogP) is 4.57. The smallest absolute Gasteiger partial charge is 0.311 e. The van der Waals surface area contributed by atoms with Gasteiger partial charge in [-0.25, -0.2) is 0 Å². The normalized spacial score (nSPS) is 10.7. The van der Waals surface area contributed by atoms with Crippen LogP contribution in [-0.4, -0.2) is 27.2 Å². The van der Waals surface area contributed by atoms with Crippen molar-refractivity contribution in [3.8, 4) is 5.75 Å². The molecule has 9 heteroatoms. The van der Waals surface area contributed by atoms with Crippen LogP contribution in [0.25, 0.3) is 0 Å². The van der Waals surface area contributed by atoms with Crippen LogP contribution in [0.2, 0.25) is 0 Å². The molecule has 8 nitrogen and oxygen atoms in total. The average Bonchev–Trinajstić information content (AvgIpc) is 3.07. The van der Waals surface area contributed by atoms with Crippen LogP contribution in [-0.2, 0) is 13.2 Å². The molecule has 1 amide bonds. The van der Waals surface area contributed by atoms with E-state index in [4.69, 9.17) is 4.74 Å². The lowest BCUT2D eigenvalue weighted by molar-refractivity contribution is -0.386. The van der Waals surface area contributed by atoms with Gasteiger partial charge in [0.15, 0.2) is 5.75 Å². The van der Waals surface area contributed by atoms with E-state index in [0.717, 1.165) is 27.7 Å². The zero-order valence-electron chi connectivity index (χ0n) is 17.3. The Hall–Kier alpha value is -3.20. The molecule has 0 radical (unpaired) electrons. The van der Waals surface area contributed by atoms with E-state index < -0.39 is 4.92 Å². The van der Waals surface area contributed by atoms with E-state index in [9.17, 15) is 14.9 Å². The molecule has 0 bridgehead atoms. The third-order valence-corrected chi connectivity index (χ3v) is 5.41. The van der Waals surface area contributed by atoms with Crippen molar-refractivity contribution in [3.05, 3.63) is 85.6 Å². The molecule has 0 aliphatic carbocycles. The third-order valence-electron chi connectivity index (χ3n) is 4.63. The van der Waals surface area contributed by atoms with Gasteiger partial charge >= 0.3 is 5.69 Å². The topological polar surface area (TPSA) is 99.3 Å². The van der Waals surface area contributed by atoms with E-state index >= 15 is 0 Å². The summed E-state index contributed by atoms with van der Waals surface area (Å²) in [4.78, 5) is 23.2. The van der Waals surface area contributed by atoms with Crippen LogP contribution < -0.4 is 10.1 Å². The van der Waals surface area contributed by atoms with E-state index in [1.165, 1.54) is 6.07 Å². The number of aromatic nitrogens is 2. The first kappa shape index (κ1) is 22.5. The molecular formula is C22H23BrN4O4.